The molecule has 5 nitrogen and oxygen atoms in total. The Balaban J connectivity index is 1.86. The second kappa shape index (κ2) is 6.02. The zero-order valence-corrected chi connectivity index (χ0v) is 13.8. The molecule has 0 saturated carbocycles. The highest BCUT2D eigenvalue weighted by molar-refractivity contribution is 6.16. The third kappa shape index (κ3) is 2.63. The summed E-state index contributed by atoms with van der Waals surface area (Å²) in [5.74, 6) is -0.270. The molecule has 0 saturated heterocycles. The van der Waals surface area contributed by atoms with Crippen molar-refractivity contribution in [1.29, 1.82) is 0 Å². The van der Waals surface area contributed by atoms with E-state index in [2.05, 4.69) is 10.3 Å². The smallest absolute Gasteiger partial charge is 0.258 e. The summed E-state index contributed by atoms with van der Waals surface area (Å²) in [7, 11) is 0. The van der Waals surface area contributed by atoms with E-state index in [-0.39, 0.29) is 17.9 Å². The first-order valence-electron chi connectivity index (χ1n) is 8.19. The second-order valence-electron chi connectivity index (χ2n) is 6.21. The van der Waals surface area contributed by atoms with Crippen molar-refractivity contribution in [3.8, 4) is 0 Å². The molecule has 0 fully saturated rings. The summed E-state index contributed by atoms with van der Waals surface area (Å²) in [4.78, 5) is 31.5. The Hall–Kier alpha value is -3.21. The lowest BCUT2D eigenvalue weighted by Gasteiger charge is -2.24. The van der Waals surface area contributed by atoms with Crippen LogP contribution in [0.25, 0.3) is 10.8 Å². The summed E-state index contributed by atoms with van der Waals surface area (Å²) in [5, 5.41) is 4.70. The molecule has 1 aromatic heterocycles. The van der Waals surface area contributed by atoms with Gasteiger partial charge >= 0.3 is 0 Å². The van der Waals surface area contributed by atoms with Crippen LogP contribution in [0.1, 0.15) is 27.6 Å². The van der Waals surface area contributed by atoms with Gasteiger partial charge in [-0.1, -0.05) is 24.3 Å². The summed E-state index contributed by atoms with van der Waals surface area (Å²) in [6, 6.07) is 14.5. The van der Waals surface area contributed by atoms with Crippen molar-refractivity contribution < 1.29 is 9.59 Å². The number of carbonyl (C=O) groups is 2. The van der Waals surface area contributed by atoms with Crippen molar-refractivity contribution in [3.63, 3.8) is 0 Å². The number of hydrogen-bond donors (Lipinski definition) is 1. The van der Waals surface area contributed by atoms with Crippen LogP contribution < -0.4 is 10.2 Å². The van der Waals surface area contributed by atoms with Crippen LogP contribution in [-0.4, -0.2) is 29.4 Å². The van der Waals surface area contributed by atoms with Crippen LogP contribution in [0, 0.1) is 0 Å². The zero-order valence-electron chi connectivity index (χ0n) is 13.8. The van der Waals surface area contributed by atoms with E-state index in [1.54, 1.807) is 29.4 Å². The Morgan fingerprint density at radius 3 is 2.88 bits per heavy atom. The van der Waals surface area contributed by atoms with Gasteiger partial charge in [-0.05, 0) is 36.6 Å². The number of pyridine rings is 1. The minimum Gasteiger partial charge on any atom is -0.348 e. The van der Waals surface area contributed by atoms with Crippen molar-refractivity contribution in [2.45, 2.75) is 13.0 Å². The van der Waals surface area contributed by atoms with Crippen molar-refractivity contribution >= 4 is 28.3 Å². The quantitative estimate of drug-likeness (QED) is 0.745. The van der Waals surface area contributed by atoms with E-state index in [1.807, 2.05) is 43.3 Å². The highest BCUT2D eigenvalue weighted by atomic mass is 16.2. The van der Waals surface area contributed by atoms with E-state index < -0.39 is 0 Å². The fourth-order valence-corrected chi connectivity index (χ4v) is 3.27. The van der Waals surface area contributed by atoms with Crippen molar-refractivity contribution in [3.05, 3.63) is 72.1 Å². The van der Waals surface area contributed by atoms with Gasteiger partial charge in [-0.2, -0.15) is 0 Å². The van der Waals surface area contributed by atoms with Crippen LogP contribution in [0.15, 0.2) is 60.9 Å². The lowest BCUT2D eigenvalue weighted by Crippen LogP contribution is -2.41. The molecular formula is C20H17N3O2. The third-order valence-electron chi connectivity index (χ3n) is 4.43. The van der Waals surface area contributed by atoms with Gasteiger partial charge in [0.1, 0.15) is 0 Å². The van der Waals surface area contributed by atoms with Gasteiger partial charge in [-0.15, -0.1) is 0 Å². The first-order valence-corrected chi connectivity index (χ1v) is 8.19. The molecule has 2 amide bonds. The lowest BCUT2D eigenvalue weighted by atomic mass is 10.0. The van der Waals surface area contributed by atoms with E-state index in [0.717, 1.165) is 10.8 Å². The maximum Gasteiger partial charge on any atom is 0.258 e. The Morgan fingerprint density at radius 2 is 2.00 bits per heavy atom. The van der Waals surface area contributed by atoms with Gasteiger partial charge < -0.3 is 10.2 Å². The summed E-state index contributed by atoms with van der Waals surface area (Å²) < 4.78 is 0. The van der Waals surface area contributed by atoms with Gasteiger partial charge in [0.15, 0.2) is 0 Å². The molecule has 1 atom stereocenters. The maximum absolute atomic E-state index is 13.3. The van der Waals surface area contributed by atoms with Crippen LogP contribution in [0.3, 0.4) is 0 Å². The molecular weight excluding hydrogens is 314 g/mol. The molecule has 2 heterocycles. The summed E-state index contributed by atoms with van der Waals surface area (Å²) in [6.07, 6.45) is 3.43. The molecule has 1 N–H and O–H groups in total. The molecule has 0 aliphatic carbocycles. The Morgan fingerprint density at radius 1 is 1.16 bits per heavy atom. The van der Waals surface area contributed by atoms with Gasteiger partial charge in [-0.3, -0.25) is 14.6 Å². The fraction of sp³-hybridized carbons (Fsp3) is 0.150. The number of nitrogens with one attached hydrogen (secondary N) is 1. The first-order chi connectivity index (χ1) is 12.1. The predicted octanol–water partition coefficient (Wildman–Crippen LogP) is 3.01. The highest BCUT2D eigenvalue weighted by Gasteiger charge is 2.29. The largest absolute Gasteiger partial charge is 0.348 e. The minimum absolute atomic E-state index is 0.118. The standard InChI is InChI=1S/C20H17N3O2/c1-13-12-23(18-8-3-2-6-17(18)19(24)22-13)20(25)16-7-4-5-14-11-21-10-9-15(14)16/h2-11,13H,12H2,1H3,(H,22,24). The number of aromatic nitrogens is 1. The molecule has 0 spiro atoms. The first kappa shape index (κ1) is 15.3. The summed E-state index contributed by atoms with van der Waals surface area (Å²) in [6.45, 7) is 2.32. The highest BCUT2D eigenvalue weighted by Crippen LogP contribution is 2.27. The number of amides is 2. The van der Waals surface area contributed by atoms with E-state index in [4.69, 9.17) is 0 Å². The molecule has 2 aromatic carbocycles. The topological polar surface area (TPSA) is 62.3 Å². The van der Waals surface area contributed by atoms with Crippen LogP contribution >= 0.6 is 0 Å². The number of para-hydroxylation sites is 1. The number of hydrogen-bond acceptors (Lipinski definition) is 3. The summed E-state index contributed by atoms with van der Waals surface area (Å²) >= 11 is 0. The Bertz CT molecular complexity index is 978. The molecule has 124 valence electrons. The van der Waals surface area contributed by atoms with Gasteiger partial charge in [0.05, 0.1) is 11.3 Å². The van der Waals surface area contributed by atoms with Gasteiger partial charge in [0, 0.05) is 35.9 Å². The van der Waals surface area contributed by atoms with Crippen molar-refractivity contribution in [2.24, 2.45) is 0 Å². The Labute approximate surface area is 145 Å². The summed E-state index contributed by atoms with van der Waals surface area (Å²) in [5.41, 5.74) is 1.76. The molecule has 1 aliphatic heterocycles. The maximum atomic E-state index is 13.3. The molecule has 1 unspecified atom stereocenters. The van der Waals surface area contributed by atoms with E-state index in [0.29, 0.717) is 23.4 Å². The second-order valence-corrected chi connectivity index (χ2v) is 6.21. The van der Waals surface area contributed by atoms with E-state index in [9.17, 15) is 9.59 Å². The van der Waals surface area contributed by atoms with Crippen molar-refractivity contribution in [2.75, 3.05) is 11.4 Å². The number of anilines is 1. The number of rotatable bonds is 1. The number of carbonyl (C=O) groups excluding carboxylic acids is 2. The minimum atomic E-state index is -0.152. The lowest BCUT2D eigenvalue weighted by molar-refractivity contribution is 0.0939. The number of benzene rings is 2. The van der Waals surface area contributed by atoms with E-state index in [1.165, 1.54) is 0 Å². The van der Waals surface area contributed by atoms with Gasteiger partial charge in [-0.25, -0.2) is 0 Å². The van der Waals surface area contributed by atoms with E-state index >= 15 is 0 Å². The molecule has 1 aliphatic rings. The van der Waals surface area contributed by atoms with Gasteiger partial charge in [0.25, 0.3) is 11.8 Å². The molecule has 0 radical (unpaired) electrons. The normalized spacial score (nSPS) is 16.9. The monoisotopic (exact) mass is 331 g/mol. The van der Waals surface area contributed by atoms with Crippen LogP contribution in [-0.2, 0) is 0 Å². The molecule has 5 heteroatoms. The third-order valence-corrected chi connectivity index (χ3v) is 4.43. The molecule has 4 rings (SSSR count). The van der Waals surface area contributed by atoms with Gasteiger partial charge in [0.2, 0.25) is 0 Å². The number of nitrogens with zero attached hydrogens (tertiary/aromatic N) is 2. The fourth-order valence-electron chi connectivity index (χ4n) is 3.27. The zero-order chi connectivity index (χ0) is 17.4. The SMILES string of the molecule is CC1CN(C(=O)c2cccc3cnccc23)c2ccccc2C(=O)N1. The Kier molecular flexibility index (Phi) is 3.69. The number of fused-ring (bicyclic) bond motifs is 2. The average molecular weight is 331 g/mol. The predicted molar refractivity (Wildman–Crippen MR) is 96.8 cm³/mol. The molecule has 0 bridgehead atoms. The molecule has 25 heavy (non-hydrogen) atoms. The average Bonchev–Trinajstić information content (AvgIpc) is 2.77. The van der Waals surface area contributed by atoms with Crippen LogP contribution in [0.5, 0.6) is 0 Å². The van der Waals surface area contributed by atoms with Crippen molar-refractivity contribution in [1.82, 2.24) is 10.3 Å². The van der Waals surface area contributed by atoms with Crippen LogP contribution in [0.4, 0.5) is 5.69 Å². The van der Waals surface area contributed by atoms with Crippen LogP contribution in [0.2, 0.25) is 0 Å². The molecule has 3 aromatic rings.